The van der Waals surface area contributed by atoms with Crippen LogP contribution < -0.4 is 92.5 Å². The third-order valence-electron chi connectivity index (χ3n) is 19.6. The van der Waals surface area contributed by atoms with E-state index in [0.717, 1.165) is 16.5 Å². The van der Waals surface area contributed by atoms with Crippen molar-refractivity contribution in [1.82, 2.24) is 73.7 Å². The Kier molecular flexibility index (Phi) is 37.7. The molecule has 624 valence electrons. The second kappa shape index (κ2) is 46.8. The van der Waals surface area contributed by atoms with E-state index in [1.165, 1.54) is 4.90 Å². The van der Waals surface area contributed by atoms with Crippen LogP contribution in [-0.2, 0) is 86.4 Å². The number of hydrogen-bond donors (Lipinski definition) is 19. The summed E-state index contributed by atoms with van der Waals surface area (Å²) in [5.74, 6) is -12.2. The standard InChI is InChI=1S/C79H118N20O15/c1-45(2)37-58(67(82)103)93-73(109)57-31-32-64(101)85-34-18-16-28-56(72(108)94-59(38-46(3)4)69(105)88-43-65(102)89-54(70(106)92-57)29-19-35-86-79(83)84)90-71(107)55(27-15-17-33-80)91-76(112)62(44-100)97-74(110)60(40-49-23-11-8-12-24-49)95-75(111)61(41-50-42-87-53-26-14-13-25-51(50)53)96-77(113)63-30-20-36-99(63)78(114)66(47(5)6)98-68(104)52(81)39-48-21-9-7-10-22-48/h7-14,21-26,42,45-47,52,54-63,66,87,100H,15-20,27-41,43-44,80-81H2,1-6H3,(H2,82,103)(H,85,101)(H,88,105)(H,89,102)(H,90,107)(H,91,112)(H,92,106)(H,93,109)(H,94,108)(H,95,111)(H,96,113)(H,97,110)(H,98,104)(H4,83,84,86)/t52-,54-,55-,56-,57-,58-,59+,60-,61-,62-,63-,66-/m0/s1. The van der Waals surface area contributed by atoms with Gasteiger partial charge in [-0.3, -0.25) is 72.1 Å². The molecule has 0 unspecified atom stereocenters. The van der Waals surface area contributed by atoms with Crippen molar-refractivity contribution in [3.63, 3.8) is 0 Å². The molecule has 14 amide bonds. The van der Waals surface area contributed by atoms with Crippen LogP contribution in [0.5, 0.6) is 0 Å². The zero-order valence-corrected chi connectivity index (χ0v) is 66.0. The topological polar surface area (TPSA) is 565 Å². The van der Waals surface area contributed by atoms with E-state index >= 15 is 4.79 Å². The number of aromatic amines is 1. The number of aliphatic imine (C=N–C) groups is 1. The van der Waals surface area contributed by atoms with Crippen molar-refractivity contribution >= 4 is 99.6 Å². The molecule has 114 heavy (non-hydrogen) atoms. The number of amides is 14. The Balaban J connectivity index is 1.23. The van der Waals surface area contributed by atoms with Gasteiger partial charge in [-0.05, 0) is 137 Å². The molecule has 3 aromatic carbocycles. The lowest BCUT2D eigenvalue weighted by molar-refractivity contribution is -0.143. The predicted molar refractivity (Wildman–Crippen MR) is 426 cm³/mol. The van der Waals surface area contributed by atoms with Gasteiger partial charge in [-0.25, -0.2) is 0 Å². The van der Waals surface area contributed by atoms with Gasteiger partial charge in [0.15, 0.2) is 5.96 Å². The maximum atomic E-state index is 15.1. The average Bonchev–Trinajstić information content (AvgIpc) is 1.63. The van der Waals surface area contributed by atoms with E-state index in [0.29, 0.717) is 24.0 Å². The summed E-state index contributed by atoms with van der Waals surface area (Å²) in [6.07, 6.45) is 2.52. The van der Waals surface area contributed by atoms with Crippen molar-refractivity contribution in [3.05, 3.63) is 108 Å². The lowest BCUT2D eigenvalue weighted by Gasteiger charge is -2.32. The Bertz CT molecular complexity index is 3930. The SMILES string of the molecule is CC(C)C[C@H](NC(=O)[C@@H]1CCC(=O)NCCCC[C@H](NC(=O)[C@H](CCCCN)NC(=O)[C@H](CO)NC(=O)[C@H](Cc2ccccc2)NC(=O)[C@H](Cc2c[nH]c3ccccc23)NC(=O)[C@@H]2CCCN2C(=O)[C@@H](NC(=O)[C@@H](N)Cc2ccccc2)C(C)C)C(=O)N[C@H](CC(C)C)C(=O)NCC(=O)N[C@@H](CCCN=C(N)N)C(=O)N1)C(N)=O. The van der Waals surface area contributed by atoms with E-state index in [1.54, 1.807) is 84.1 Å². The zero-order chi connectivity index (χ0) is 83.6. The number of carbonyl (C=O) groups excluding carboxylic acids is 14. The summed E-state index contributed by atoms with van der Waals surface area (Å²) >= 11 is 0. The number of primary amides is 1. The maximum absolute atomic E-state index is 15.1. The molecule has 35 heteroatoms. The molecule has 12 atom stereocenters. The van der Waals surface area contributed by atoms with E-state index in [2.05, 4.69) is 73.8 Å². The van der Waals surface area contributed by atoms with Gasteiger partial charge in [-0.1, -0.05) is 120 Å². The summed E-state index contributed by atoms with van der Waals surface area (Å²) in [5, 5.41) is 43.8. The molecule has 0 bridgehead atoms. The van der Waals surface area contributed by atoms with Gasteiger partial charge in [0, 0.05) is 56.0 Å². The minimum absolute atomic E-state index is 0.00774. The van der Waals surface area contributed by atoms with Crippen molar-refractivity contribution in [1.29, 1.82) is 0 Å². The number of guanidine groups is 1. The summed E-state index contributed by atoms with van der Waals surface area (Å²) in [4.78, 5) is 207. The molecule has 6 rings (SSSR count). The maximum Gasteiger partial charge on any atom is 0.246 e. The van der Waals surface area contributed by atoms with Crippen LogP contribution in [0.3, 0.4) is 0 Å². The van der Waals surface area contributed by atoms with Crippen molar-refractivity contribution in [2.75, 3.05) is 39.3 Å². The monoisotopic (exact) mass is 1590 g/mol. The fraction of sp³-hybridized carbons (Fsp3) is 0.557. The third-order valence-corrected chi connectivity index (χ3v) is 19.6. The number of aromatic nitrogens is 1. The first-order chi connectivity index (χ1) is 54.3. The molecule has 2 fully saturated rings. The largest absolute Gasteiger partial charge is 0.394 e. The summed E-state index contributed by atoms with van der Waals surface area (Å²) in [6.45, 7) is 9.28. The number of nitrogens with two attached hydrogens (primary N) is 5. The highest BCUT2D eigenvalue weighted by Gasteiger charge is 2.42. The highest BCUT2D eigenvalue weighted by atomic mass is 16.3. The van der Waals surface area contributed by atoms with Gasteiger partial charge >= 0.3 is 0 Å². The normalized spacial score (nSPS) is 19.4. The number of fused-ring (bicyclic) bond motifs is 1. The quantitative estimate of drug-likeness (QED) is 0.0133. The number of unbranched alkanes of at least 4 members (excludes halogenated alkanes) is 1. The highest BCUT2D eigenvalue weighted by Crippen LogP contribution is 2.24. The number of para-hydroxylation sites is 1. The molecule has 24 N–H and O–H groups in total. The van der Waals surface area contributed by atoms with Gasteiger partial charge in [-0.2, -0.15) is 0 Å². The molecule has 4 aromatic rings. The van der Waals surface area contributed by atoms with Gasteiger partial charge in [0.05, 0.1) is 19.2 Å². The fourth-order valence-electron chi connectivity index (χ4n) is 13.5. The smallest absolute Gasteiger partial charge is 0.246 e. The number of hydrogen-bond acceptors (Lipinski definition) is 18. The molecule has 2 saturated heterocycles. The molecule has 0 saturated carbocycles. The van der Waals surface area contributed by atoms with Gasteiger partial charge in [-0.15, -0.1) is 0 Å². The van der Waals surface area contributed by atoms with Gasteiger partial charge in [0.25, 0.3) is 0 Å². The Morgan fingerprint density at radius 2 is 1.22 bits per heavy atom. The molecular weight excluding hydrogens is 1470 g/mol. The first-order valence-electron chi connectivity index (χ1n) is 39.3. The van der Waals surface area contributed by atoms with E-state index in [9.17, 15) is 67.4 Å². The number of benzene rings is 3. The highest BCUT2D eigenvalue weighted by molar-refractivity contribution is 6.00. The van der Waals surface area contributed by atoms with Crippen molar-refractivity contribution < 1.29 is 72.2 Å². The molecule has 2 aliphatic heterocycles. The van der Waals surface area contributed by atoms with E-state index in [4.69, 9.17) is 28.7 Å². The van der Waals surface area contributed by atoms with Gasteiger partial charge < -0.3 is 107 Å². The fourth-order valence-corrected chi connectivity index (χ4v) is 13.5. The van der Waals surface area contributed by atoms with Crippen LogP contribution in [0, 0.1) is 17.8 Å². The third kappa shape index (κ3) is 30.1. The predicted octanol–water partition coefficient (Wildman–Crippen LogP) is -2.03. The number of carbonyl (C=O) groups is 14. The Morgan fingerprint density at radius 3 is 1.86 bits per heavy atom. The molecule has 3 heterocycles. The van der Waals surface area contributed by atoms with Crippen LogP contribution in [0.4, 0.5) is 0 Å². The van der Waals surface area contributed by atoms with E-state index < -0.39 is 174 Å². The van der Waals surface area contributed by atoms with Crippen LogP contribution in [0.15, 0.2) is 96.1 Å². The minimum Gasteiger partial charge on any atom is -0.394 e. The van der Waals surface area contributed by atoms with Crippen molar-refractivity contribution in [2.45, 2.75) is 223 Å². The van der Waals surface area contributed by atoms with Crippen LogP contribution in [-0.4, -0.2) is 215 Å². The number of likely N-dealkylation sites (tertiary alicyclic amines) is 1. The second-order valence-electron chi connectivity index (χ2n) is 30.3. The average molecular weight is 1590 g/mol. The lowest BCUT2D eigenvalue weighted by Crippen LogP contribution is -2.61. The van der Waals surface area contributed by atoms with Crippen molar-refractivity contribution in [2.24, 2.45) is 51.4 Å². The van der Waals surface area contributed by atoms with Crippen LogP contribution in [0.2, 0.25) is 0 Å². The molecule has 0 radical (unpaired) electrons. The number of aliphatic hydroxyl groups excluding tert-OH is 1. The number of aliphatic hydroxyl groups is 1. The second-order valence-corrected chi connectivity index (χ2v) is 30.3. The molecule has 1 aromatic heterocycles. The van der Waals surface area contributed by atoms with Crippen LogP contribution >= 0.6 is 0 Å². The van der Waals surface area contributed by atoms with Gasteiger partial charge in [0.2, 0.25) is 82.7 Å². The summed E-state index contributed by atoms with van der Waals surface area (Å²) < 4.78 is 0. The first kappa shape index (κ1) is 91.8. The summed E-state index contributed by atoms with van der Waals surface area (Å²) in [5.41, 5.74) is 31.6. The molecule has 0 spiro atoms. The summed E-state index contributed by atoms with van der Waals surface area (Å²) in [7, 11) is 0. The van der Waals surface area contributed by atoms with Crippen LogP contribution in [0.1, 0.15) is 148 Å². The van der Waals surface area contributed by atoms with E-state index in [1.807, 2.05) is 48.5 Å². The Morgan fingerprint density at radius 1 is 0.588 bits per heavy atom. The zero-order valence-electron chi connectivity index (χ0n) is 66.0. The number of nitrogens with one attached hydrogen (secondary N) is 13. The summed E-state index contributed by atoms with van der Waals surface area (Å²) in [6, 6.07) is 8.92. The number of H-pyrrole nitrogens is 1. The Hall–Kier alpha value is -11.1. The Labute approximate surface area is 664 Å². The van der Waals surface area contributed by atoms with Crippen molar-refractivity contribution in [3.8, 4) is 0 Å². The molecular formula is C79H118N20O15. The number of nitrogens with zero attached hydrogens (tertiary/aromatic N) is 2. The lowest BCUT2D eigenvalue weighted by atomic mass is 10.00. The van der Waals surface area contributed by atoms with Gasteiger partial charge in [0.1, 0.15) is 66.5 Å². The molecule has 0 aliphatic carbocycles. The first-order valence-corrected chi connectivity index (χ1v) is 39.3. The van der Waals surface area contributed by atoms with E-state index in [-0.39, 0.29) is 140 Å². The van der Waals surface area contributed by atoms with Crippen LogP contribution in [0.25, 0.3) is 10.9 Å². The minimum atomic E-state index is -1.79. The molecule has 2 aliphatic rings. The number of rotatable bonds is 36. The molecule has 35 nitrogen and oxygen atoms in total.